The molecule has 3 aromatic heterocycles. The molecule has 6 aromatic rings. The number of anilines is 1. The number of amides is 1. The van der Waals surface area contributed by atoms with Crippen LogP contribution in [0.1, 0.15) is 24.2 Å². The van der Waals surface area contributed by atoms with Crippen molar-refractivity contribution in [2.45, 2.75) is 19.4 Å². The maximum atomic E-state index is 12.7. The molecule has 1 atom stereocenters. The van der Waals surface area contributed by atoms with Crippen LogP contribution < -0.4 is 5.32 Å². The highest BCUT2D eigenvalue weighted by Crippen LogP contribution is 2.44. The van der Waals surface area contributed by atoms with Crippen LogP contribution in [0.15, 0.2) is 85.1 Å². The number of rotatable bonds is 7. The third-order valence-corrected chi connectivity index (χ3v) is 9.17. The second kappa shape index (κ2) is 10.6. The molecule has 0 spiro atoms. The van der Waals surface area contributed by atoms with E-state index in [1.54, 1.807) is 40.6 Å². The molecule has 6 rings (SSSR count). The van der Waals surface area contributed by atoms with Crippen LogP contribution in [0.5, 0.6) is 0 Å². The zero-order valence-corrected chi connectivity index (χ0v) is 23.4. The van der Waals surface area contributed by atoms with Gasteiger partial charge in [-0.05, 0) is 46.5 Å². The Labute approximate surface area is 238 Å². The lowest BCUT2D eigenvalue weighted by Crippen LogP contribution is -2.18. The van der Waals surface area contributed by atoms with Crippen LogP contribution in [0.4, 0.5) is 10.6 Å². The quantitative estimate of drug-likeness (QED) is 0.203. The Hall–Kier alpha value is -4.47. The van der Waals surface area contributed by atoms with Crippen LogP contribution >= 0.6 is 22.7 Å². The number of carbonyl (C=O) groups excluding carboxylic acids is 1. The molecule has 200 valence electrons. The standard InChI is InChI=1S/C31H25N3O4S2/c1-18(19-8-4-3-5-9-19)38-31(37)33-30-24(17-32-34(30)2)26-16-28-27(40-26)15-25(39-28)23-13-12-20(14-29(35)36)21-10-6-7-11-22(21)23/h3-13,15-18H,14H2,1-2H3,(H,33,37)(H,35,36). The molecule has 0 aliphatic rings. The van der Waals surface area contributed by atoms with Crippen LogP contribution in [0.2, 0.25) is 0 Å². The molecule has 40 heavy (non-hydrogen) atoms. The Morgan fingerprint density at radius 1 is 0.925 bits per heavy atom. The van der Waals surface area contributed by atoms with Gasteiger partial charge in [0.25, 0.3) is 0 Å². The second-order valence-corrected chi connectivity index (χ2v) is 11.6. The first-order chi connectivity index (χ1) is 19.4. The minimum absolute atomic E-state index is 0.0100. The monoisotopic (exact) mass is 567 g/mol. The average molecular weight is 568 g/mol. The molecule has 9 heteroatoms. The fourth-order valence-corrected chi connectivity index (χ4v) is 7.29. The number of aromatic nitrogens is 2. The fraction of sp³-hybridized carbons (Fsp3) is 0.129. The summed E-state index contributed by atoms with van der Waals surface area (Å²) in [6.07, 6.45) is 0.808. The van der Waals surface area contributed by atoms with Crippen LogP contribution in [-0.2, 0) is 23.0 Å². The van der Waals surface area contributed by atoms with Gasteiger partial charge in [-0.15, -0.1) is 22.7 Å². The maximum Gasteiger partial charge on any atom is 0.413 e. The Balaban J connectivity index is 1.27. The first kappa shape index (κ1) is 25.8. The molecular weight excluding hydrogens is 542 g/mol. The molecule has 0 fully saturated rings. The number of carboxylic acids is 1. The zero-order valence-electron chi connectivity index (χ0n) is 21.8. The lowest BCUT2D eigenvalue weighted by molar-refractivity contribution is -0.136. The van der Waals surface area contributed by atoms with Crippen molar-refractivity contribution in [1.82, 2.24) is 9.78 Å². The molecule has 0 aliphatic carbocycles. The van der Waals surface area contributed by atoms with E-state index in [2.05, 4.69) is 22.5 Å². The van der Waals surface area contributed by atoms with Gasteiger partial charge in [0.15, 0.2) is 0 Å². The van der Waals surface area contributed by atoms with Gasteiger partial charge in [-0.2, -0.15) is 5.10 Å². The molecule has 1 amide bonds. The van der Waals surface area contributed by atoms with Gasteiger partial charge in [-0.1, -0.05) is 66.7 Å². The summed E-state index contributed by atoms with van der Waals surface area (Å²) in [7, 11) is 1.78. The molecule has 0 bridgehead atoms. The predicted molar refractivity (Wildman–Crippen MR) is 161 cm³/mol. The molecule has 0 saturated heterocycles. The highest BCUT2D eigenvalue weighted by molar-refractivity contribution is 7.31. The number of ether oxygens (including phenoxy) is 1. The van der Waals surface area contributed by atoms with E-state index < -0.39 is 18.2 Å². The number of carbonyl (C=O) groups is 2. The Bertz CT molecular complexity index is 1840. The Morgan fingerprint density at radius 3 is 2.27 bits per heavy atom. The van der Waals surface area contributed by atoms with Crippen molar-refractivity contribution in [2.24, 2.45) is 7.05 Å². The third kappa shape index (κ3) is 4.97. The molecule has 2 N–H and O–H groups in total. The summed E-state index contributed by atoms with van der Waals surface area (Å²) < 4.78 is 9.50. The van der Waals surface area contributed by atoms with Gasteiger partial charge in [-0.3, -0.25) is 14.8 Å². The molecule has 0 saturated carbocycles. The Morgan fingerprint density at radius 2 is 1.57 bits per heavy atom. The number of benzene rings is 3. The van der Waals surface area contributed by atoms with Gasteiger partial charge in [0, 0.05) is 26.2 Å². The number of carboxylic acid groups (broad SMARTS) is 1. The van der Waals surface area contributed by atoms with Crippen molar-refractivity contribution < 1.29 is 19.4 Å². The predicted octanol–water partition coefficient (Wildman–Crippen LogP) is 8.12. The third-order valence-electron chi connectivity index (χ3n) is 6.81. The van der Waals surface area contributed by atoms with E-state index in [1.807, 2.05) is 73.7 Å². The van der Waals surface area contributed by atoms with E-state index in [0.29, 0.717) is 5.82 Å². The molecular formula is C31H25N3O4S2. The zero-order chi connectivity index (χ0) is 27.8. The van der Waals surface area contributed by atoms with Crippen molar-refractivity contribution in [3.05, 3.63) is 96.2 Å². The SMILES string of the molecule is CC(OC(=O)Nc1c(-c2cc3sc(-c4ccc(CC(=O)O)c5ccccc45)cc3s2)cnn1C)c1ccccc1. The summed E-state index contributed by atoms with van der Waals surface area (Å²) in [6, 6.07) is 25.8. The van der Waals surface area contributed by atoms with Crippen molar-refractivity contribution in [3.63, 3.8) is 0 Å². The van der Waals surface area contributed by atoms with Crippen molar-refractivity contribution in [1.29, 1.82) is 0 Å². The molecule has 1 unspecified atom stereocenters. The van der Waals surface area contributed by atoms with E-state index in [9.17, 15) is 14.7 Å². The second-order valence-electron chi connectivity index (χ2n) is 9.45. The van der Waals surface area contributed by atoms with E-state index in [1.165, 1.54) is 0 Å². The number of hydrogen-bond donors (Lipinski definition) is 2. The topological polar surface area (TPSA) is 93.4 Å². The largest absolute Gasteiger partial charge is 0.481 e. The number of aliphatic carboxylic acids is 1. The van der Waals surface area contributed by atoms with E-state index in [-0.39, 0.29) is 6.42 Å². The number of nitrogens with one attached hydrogen (secondary N) is 1. The number of aryl methyl sites for hydroxylation is 1. The average Bonchev–Trinajstić information content (AvgIpc) is 3.62. The van der Waals surface area contributed by atoms with Crippen LogP contribution in [0, 0.1) is 0 Å². The summed E-state index contributed by atoms with van der Waals surface area (Å²) in [5.41, 5.74) is 3.63. The molecule has 7 nitrogen and oxygen atoms in total. The van der Waals surface area contributed by atoms with Crippen molar-refractivity contribution >= 4 is 60.7 Å². The van der Waals surface area contributed by atoms with Gasteiger partial charge >= 0.3 is 12.1 Å². The highest BCUT2D eigenvalue weighted by atomic mass is 32.1. The maximum absolute atomic E-state index is 12.7. The van der Waals surface area contributed by atoms with Crippen LogP contribution in [-0.4, -0.2) is 26.9 Å². The van der Waals surface area contributed by atoms with E-state index in [0.717, 1.165) is 52.2 Å². The van der Waals surface area contributed by atoms with Gasteiger partial charge in [0.1, 0.15) is 11.9 Å². The Kier molecular flexibility index (Phi) is 6.83. The molecule has 3 heterocycles. The van der Waals surface area contributed by atoms with E-state index >= 15 is 0 Å². The van der Waals surface area contributed by atoms with Crippen molar-refractivity contribution in [3.8, 4) is 20.9 Å². The summed E-state index contributed by atoms with van der Waals surface area (Å²) in [5, 5.41) is 18.6. The fourth-order valence-electron chi connectivity index (χ4n) is 4.84. The van der Waals surface area contributed by atoms with E-state index in [4.69, 9.17) is 4.74 Å². The summed E-state index contributed by atoms with van der Waals surface area (Å²) in [5.74, 6) is -0.273. The number of thiophene rings is 2. The van der Waals surface area contributed by atoms with Gasteiger partial charge in [-0.25, -0.2) is 4.79 Å². The number of nitrogens with zero attached hydrogens (tertiary/aromatic N) is 2. The minimum atomic E-state index is -0.842. The minimum Gasteiger partial charge on any atom is -0.481 e. The number of fused-ring (bicyclic) bond motifs is 2. The normalized spacial score (nSPS) is 12.1. The lowest BCUT2D eigenvalue weighted by atomic mass is 9.97. The van der Waals surface area contributed by atoms with Gasteiger partial charge in [0.05, 0.1) is 18.2 Å². The molecule has 3 aromatic carbocycles. The van der Waals surface area contributed by atoms with Crippen molar-refractivity contribution in [2.75, 3.05) is 5.32 Å². The number of hydrogen-bond acceptors (Lipinski definition) is 6. The summed E-state index contributed by atoms with van der Waals surface area (Å²) >= 11 is 3.32. The van der Waals surface area contributed by atoms with Gasteiger partial charge in [0.2, 0.25) is 0 Å². The summed E-state index contributed by atoms with van der Waals surface area (Å²) in [6.45, 7) is 1.84. The smallest absolute Gasteiger partial charge is 0.413 e. The first-order valence-corrected chi connectivity index (χ1v) is 14.3. The molecule has 0 radical (unpaired) electrons. The summed E-state index contributed by atoms with van der Waals surface area (Å²) in [4.78, 5) is 26.2. The lowest BCUT2D eigenvalue weighted by Gasteiger charge is -2.14. The van der Waals surface area contributed by atoms with Crippen LogP contribution in [0.25, 0.3) is 41.1 Å². The highest BCUT2D eigenvalue weighted by Gasteiger charge is 2.20. The molecule has 0 aliphatic heterocycles. The first-order valence-electron chi connectivity index (χ1n) is 12.7. The van der Waals surface area contributed by atoms with Crippen LogP contribution in [0.3, 0.4) is 0 Å². The van der Waals surface area contributed by atoms with Gasteiger partial charge < -0.3 is 9.84 Å².